The quantitative estimate of drug-likeness (QED) is 0.317. The summed E-state index contributed by atoms with van der Waals surface area (Å²) in [5.74, 6) is 1.88. The van der Waals surface area contributed by atoms with Gasteiger partial charge in [0.05, 0.1) is 13.2 Å². The van der Waals surface area contributed by atoms with Crippen molar-refractivity contribution in [3.8, 4) is 5.75 Å². The van der Waals surface area contributed by atoms with E-state index in [2.05, 4.69) is 73.5 Å². The Morgan fingerprint density at radius 3 is 2.45 bits per heavy atom. The van der Waals surface area contributed by atoms with Crippen molar-refractivity contribution in [2.45, 2.75) is 6.54 Å². The zero-order valence-electron chi connectivity index (χ0n) is 19.5. The van der Waals surface area contributed by atoms with E-state index in [-0.39, 0.29) is 24.0 Å². The molecule has 1 N–H and O–H groups in total. The number of guanidine groups is 1. The smallest absolute Gasteiger partial charge is 0.194 e. The summed E-state index contributed by atoms with van der Waals surface area (Å²) in [6.45, 7) is 9.91. The van der Waals surface area contributed by atoms with Crippen LogP contribution in [0.2, 0.25) is 0 Å². The highest BCUT2D eigenvalue weighted by atomic mass is 127. The number of aliphatic imine (C=N–C) groups is 1. The van der Waals surface area contributed by atoms with Crippen LogP contribution in [0.4, 0.5) is 5.69 Å². The predicted octanol–water partition coefficient (Wildman–Crippen LogP) is 2.91. The molecule has 4 rings (SSSR count). The number of nitrogens with one attached hydrogen (secondary N) is 1. The number of halogens is 1. The second-order valence-corrected chi connectivity index (χ2v) is 8.16. The molecule has 0 aliphatic carbocycles. The Morgan fingerprint density at radius 1 is 0.970 bits per heavy atom. The largest absolute Gasteiger partial charge is 0.492 e. The lowest BCUT2D eigenvalue weighted by Gasteiger charge is -2.37. The summed E-state index contributed by atoms with van der Waals surface area (Å²) >= 11 is 0. The summed E-state index contributed by atoms with van der Waals surface area (Å²) in [6, 6.07) is 19.0. The van der Waals surface area contributed by atoms with E-state index in [9.17, 15) is 0 Å². The van der Waals surface area contributed by atoms with Gasteiger partial charge in [-0.2, -0.15) is 0 Å². The number of ether oxygens (including phenoxy) is 2. The number of para-hydroxylation sites is 1. The maximum absolute atomic E-state index is 6.00. The fourth-order valence-corrected chi connectivity index (χ4v) is 4.19. The van der Waals surface area contributed by atoms with Crippen LogP contribution in [-0.2, 0) is 11.3 Å². The highest BCUT2D eigenvalue weighted by Crippen LogP contribution is 2.16. The van der Waals surface area contributed by atoms with E-state index < -0.39 is 0 Å². The van der Waals surface area contributed by atoms with Gasteiger partial charge in [-0.05, 0) is 29.8 Å². The lowest BCUT2D eigenvalue weighted by Crippen LogP contribution is -2.52. The Morgan fingerprint density at radius 2 is 1.73 bits per heavy atom. The van der Waals surface area contributed by atoms with Gasteiger partial charge >= 0.3 is 0 Å². The zero-order chi connectivity index (χ0) is 22.0. The van der Waals surface area contributed by atoms with E-state index in [1.807, 2.05) is 13.1 Å². The van der Waals surface area contributed by atoms with Gasteiger partial charge in [-0.1, -0.05) is 30.3 Å². The molecular formula is C25H36IN5O2. The monoisotopic (exact) mass is 565 g/mol. The summed E-state index contributed by atoms with van der Waals surface area (Å²) in [7, 11) is 1.86. The molecule has 0 unspecified atom stereocenters. The van der Waals surface area contributed by atoms with Crippen molar-refractivity contribution in [1.82, 2.24) is 15.1 Å². The molecule has 33 heavy (non-hydrogen) atoms. The van der Waals surface area contributed by atoms with Crippen LogP contribution < -0.4 is 15.0 Å². The Kier molecular flexibility index (Phi) is 10.6. The number of benzene rings is 2. The van der Waals surface area contributed by atoms with E-state index in [1.165, 1.54) is 11.3 Å². The zero-order valence-corrected chi connectivity index (χ0v) is 21.8. The molecule has 8 heteroatoms. The first-order valence-corrected chi connectivity index (χ1v) is 11.6. The van der Waals surface area contributed by atoms with Crippen molar-refractivity contribution in [3.05, 3.63) is 60.2 Å². The normalized spacial score (nSPS) is 17.4. The molecule has 0 saturated carbocycles. The average molecular weight is 566 g/mol. The maximum atomic E-state index is 6.00. The number of hydrogen-bond donors (Lipinski definition) is 1. The first-order chi connectivity index (χ1) is 15.8. The molecule has 0 radical (unpaired) electrons. The summed E-state index contributed by atoms with van der Waals surface area (Å²) < 4.78 is 11.4. The summed E-state index contributed by atoms with van der Waals surface area (Å²) in [5.41, 5.74) is 2.48. The molecule has 0 bridgehead atoms. The van der Waals surface area contributed by atoms with Crippen LogP contribution in [0, 0.1) is 0 Å². The van der Waals surface area contributed by atoms with Gasteiger partial charge in [-0.25, -0.2) is 0 Å². The van der Waals surface area contributed by atoms with Gasteiger partial charge in [0.1, 0.15) is 12.4 Å². The minimum Gasteiger partial charge on any atom is -0.492 e. The van der Waals surface area contributed by atoms with Crippen LogP contribution in [0.1, 0.15) is 5.56 Å². The van der Waals surface area contributed by atoms with Gasteiger partial charge in [0.2, 0.25) is 0 Å². The van der Waals surface area contributed by atoms with Crippen molar-refractivity contribution in [1.29, 1.82) is 0 Å². The molecule has 2 aliphatic heterocycles. The Hall–Kier alpha value is -2.04. The SMILES string of the molecule is CN=C(NCc1cccc(OCCN2CCOCC2)c1)N1CCN(c2ccccc2)CC1.I. The third kappa shape index (κ3) is 7.75. The number of anilines is 1. The Balaban J connectivity index is 0.00000306. The minimum absolute atomic E-state index is 0. The van der Waals surface area contributed by atoms with Crippen LogP contribution in [0.15, 0.2) is 59.6 Å². The van der Waals surface area contributed by atoms with Crippen molar-refractivity contribution in [2.24, 2.45) is 4.99 Å². The van der Waals surface area contributed by atoms with Gasteiger partial charge in [0.15, 0.2) is 5.96 Å². The Bertz CT molecular complexity index is 853. The molecule has 0 spiro atoms. The molecule has 2 heterocycles. The van der Waals surface area contributed by atoms with E-state index in [0.717, 1.165) is 77.3 Å². The summed E-state index contributed by atoms with van der Waals surface area (Å²) in [6.07, 6.45) is 0. The molecule has 0 aromatic heterocycles. The topological polar surface area (TPSA) is 52.6 Å². The molecule has 180 valence electrons. The predicted molar refractivity (Wildman–Crippen MR) is 145 cm³/mol. The van der Waals surface area contributed by atoms with E-state index in [0.29, 0.717) is 6.61 Å². The highest BCUT2D eigenvalue weighted by Gasteiger charge is 2.19. The van der Waals surface area contributed by atoms with E-state index in [1.54, 1.807) is 0 Å². The van der Waals surface area contributed by atoms with Gasteiger partial charge in [-0.15, -0.1) is 24.0 Å². The van der Waals surface area contributed by atoms with E-state index >= 15 is 0 Å². The molecule has 2 saturated heterocycles. The van der Waals surface area contributed by atoms with Crippen LogP contribution in [-0.4, -0.2) is 88.4 Å². The summed E-state index contributed by atoms with van der Waals surface area (Å²) in [5, 5.41) is 3.52. The van der Waals surface area contributed by atoms with Crippen LogP contribution in [0.5, 0.6) is 5.75 Å². The molecular weight excluding hydrogens is 529 g/mol. The molecule has 2 aliphatic rings. The van der Waals surface area contributed by atoms with Gasteiger partial charge in [0.25, 0.3) is 0 Å². The fraction of sp³-hybridized carbons (Fsp3) is 0.480. The molecule has 2 fully saturated rings. The van der Waals surface area contributed by atoms with Gasteiger partial charge < -0.3 is 24.6 Å². The number of rotatable bonds is 7. The number of nitrogens with zero attached hydrogens (tertiary/aromatic N) is 4. The number of hydrogen-bond acceptors (Lipinski definition) is 5. The molecule has 0 amide bonds. The first kappa shape index (κ1) is 25.6. The molecule has 2 aromatic rings. The minimum atomic E-state index is 0. The van der Waals surface area contributed by atoms with Crippen molar-refractivity contribution in [3.63, 3.8) is 0 Å². The third-order valence-corrected chi connectivity index (χ3v) is 6.04. The van der Waals surface area contributed by atoms with Crippen LogP contribution >= 0.6 is 24.0 Å². The third-order valence-electron chi connectivity index (χ3n) is 6.04. The van der Waals surface area contributed by atoms with Crippen molar-refractivity contribution >= 4 is 35.6 Å². The van der Waals surface area contributed by atoms with Gasteiger partial charge in [-0.3, -0.25) is 9.89 Å². The second-order valence-electron chi connectivity index (χ2n) is 8.16. The Labute approximate surface area is 214 Å². The van der Waals surface area contributed by atoms with Crippen LogP contribution in [0.3, 0.4) is 0 Å². The lowest BCUT2D eigenvalue weighted by molar-refractivity contribution is 0.0322. The maximum Gasteiger partial charge on any atom is 0.194 e. The average Bonchev–Trinajstić information content (AvgIpc) is 2.86. The number of piperazine rings is 1. The van der Waals surface area contributed by atoms with E-state index in [4.69, 9.17) is 9.47 Å². The molecule has 0 atom stereocenters. The molecule has 7 nitrogen and oxygen atoms in total. The standard InChI is InChI=1S/C25H35N5O2.HI/c1-26-25(30-12-10-29(11-13-30)23-7-3-2-4-8-23)27-21-22-6-5-9-24(20-22)32-19-16-28-14-17-31-18-15-28;/h2-9,20H,10-19,21H2,1H3,(H,26,27);1H. The highest BCUT2D eigenvalue weighted by molar-refractivity contribution is 14.0. The number of morpholine rings is 1. The fourth-order valence-electron chi connectivity index (χ4n) is 4.19. The van der Waals surface area contributed by atoms with Crippen molar-refractivity contribution in [2.75, 3.05) is 77.6 Å². The van der Waals surface area contributed by atoms with Gasteiger partial charge in [0, 0.05) is 65.1 Å². The van der Waals surface area contributed by atoms with Crippen LogP contribution in [0.25, 0.3) is 0 Å². The van der Waals surface area contributed by atoms with Crippen molar-refractivity contribution < 1.29 is 9.47 Å². The summed E-state index contributed by atoms with van der Waals surface area (Å²) in [4.78, 5) is 11.7. The molecule has 2 aromatic carbocycles. The lowest BCUT2D eigenvalue weighted by atomic mass is 10.2. The second kappa shape index (κ2) is 13.6. The first-order valence-electron chi connectivity index (χ1n) is 11.6.